The minimum atomic E-state index is -0.991. The number of nitrogens with zero attached hydrogens (tertiary/aromatic N) is 3. The molecule has 6 heteroatoms. The van der Waals surface area contributed by atoms with Gasteiger partial charge in [-0.1, -0.05) is 42.5 Å². The lowest BCUT2D eigenvalue weighted by atomic mass is 10.00. The predicted octanol–water partition coefficient (Wildman–Crippen LogP) is 5.66. The van der Waals surface area contributed by atoms with Crippen LogP contribution in [0.3, 0.4) is 0 Å². The average molecular weight is 422 g/mol. The molecule has 0 bridgehead atoms. The Bertz CT molecular complexity index is 1390. The first-order valence-corrected chi connectivity index (χ1v) is 10.3. The highest BCUT2D eigenvalue weighted by molar-refractivity contribution is 5.94. The number of para-hydroxylation sites is 1. The zero-order chi connectivity index (χ0) is 22.8. The van der Waals surface area contributed by atoms with Crippen molar-refractivity contribution in [2.45, 2.75) is 26.8 Å². The Balaban J connectivity index is 1.88. The number of carbonyl (C=O) groups is 1. The Morgan fingerprint density at radius 2 is 1.78 bits per heavy atom. The van der Waals surface area contributed by atoms with Gasteiger partial charge in [-0.2, -0.15) is 5.26 Å². The van der Waals surface area contributed by atoms with Crippen LogP contribution in [0.15, 0.2) is 60.7 Å². The molecule has 0 spiro atoms. The van der Waals surface area contributed by atoms with E-state index in [4.69, 9.17) is 4.98 Å². The van der Waals surface area contributed by atoms with Gasteiger partial charge in [-0.3, -0.25) is 0 Å². The third kappa shape index (κ3) is 3.88. The number of fused-ring (bicyclic) bond motifs is 1. The molecule has 158 valence electrons. The van der Waals surface area contributed by atoms with Crippen molar-refractivity contribution in [3.05, 3.63) is 88.6 Å². The monoisotopic (exact) mass is 422 g/mol. The van der Waals surface area contributed by atoms with Gasteiger partial charge in [-0.05, 0) is 50.1 Å². The first-order valence-electron chi connectivity index (χ1n) is 10.3. The summed E-state index contributed by atoms with van der Waals surface area (Å²) in [5, 5.41) is 22.6. The number of anilines is 1. The maximum atomic E-state index is 11.6. The minimum Gasteiger partial charge on any atom is -0.478 e. The lowest BCUT2D eigenvalue weighted by Gasteiger charge is -2.20. The fourth-order valence-corrected chi connectivity index (χ4v) is 3.87. The van der Waals surface area contributed by atoms with E-state index in [-0.39, 0.29) is 17.3 Å². The first kappa shape index (κ1) is 21.0. The number of carboxylic acid groups (broad SMARTS) is 1. The molecule has 0 amide bonds. The molecule has 2 N–H and O–H groups in total. The van der Waals surface area contributed by atoms with E-state index in [0.29, 0.717) is 22.4 Å². The molecular formula is C26H22N4O2. The zero-order valence-electron chi connectivity index (χ0n) is 18.0. The van der Waals surface area contributed by atoms with E-state index in [1.165, 1.54) is 0 Å². The summed E-state index contributed by atoms with van der Waals surface area (Å²) in [6.07, 6.45) is 0. The molecule has 1 atom stereocenters. The summed E-state index contributed by atoms with van der Waals surface area (Å²) in [6.45, 7) is 5.90. The van der Waals surface area contributed by atoms with Crippen LogP contribution in [0.5, 0.6) is 0 Å². The largest absolute Gasteiger partial charge is 0.478 e. The molecule has 3 aromatic carbocycles. The van der Waals surface area contributed by atoms with Crippen molar-refractivity contribution < 1.29 is 9.90 Å². The molecule has 0 radical (unpaired) electrons. The van der Waals surface area contributed by atoms with Crippen molar-refractivity contribution in [1.29, 1.82) is 5.26 Å². The van der Waals surface area contributed by atoms with E-state index < -0.39 is 5.97 Å². The van der Waals surface area contributed by atoms with E-state index >= 15 is 0 Å². The number of nitrogens with one attached hydrogen (secondary N) is 1. The van der Waals surface area contributed by atoms with Gasteiger partial charge in [0.05, 0.1) is 22.6 Å². The second-order valence-electron chi connectivity index (χ2n) is 7.79. The van der Waals surface area contributed by atoms with E-state index in [1.54, 1.807) is 24.3 Å². The maximum absolute atomic E-state index is 11.6. The fraction of sp³-hybridized carbons (Fsp3) is 0.154. The number of carboxylic acids is 1. The molecular weight excluding hydrogens is 400 g/mol. The molecule has 0 fully saturated rings. The molecule has 0 aliphatic carbocycles. The van der Waals surface area contributed by atoms with Gasteiger partial charge < -0.3 is 10.4 Å². The standard InChI is InChI=1S/C26H22N4O2/c1-15-12-20(17(3)28-21-11-7-6-10-19(21)26(31)32)25-22(13-15)29-23(14-27)24(30-25)18-9-5-4-8-16(18)2/h4-13,17,28H,1-3H3,(H,31,32)/t17-/m1/s1. The highest BCUT2D eigenvalue weighted by atomic mass is 16.4. The highest BCUT2D eigenvalue weighted by Crippen LogP contribution is 2.31. The third-order valence-corrected chi connectivity index (χ3v) is 5.45. The van der Waals surface area contributed by atoms with Crippen molar-refractivity contribution >= 4 is 22.7 Å². The van der Waals surface area contributed by atoms with Crippen molar-refractivity contribution in [3.8, 4) is 17.3 Å². The van der Waals surface area contributed by atoms with Gasteiger partial charge >= 0.3 is 5.97 Å². The number of aromatic carboxylic acids is 1. The quantitative estimate of drug-likeness (QED) is 0.431. The van der Waals surface area contributed by atoms with Crippen LogP contribution in [-0.4, -0.2) is 21.0 Å². The fourth-order valence-electron chi connectivity index (χ4n) is 3.87. The van der Waals surface area contributed by atoms with Crippen LogP contribution in [0, 0.1) is 25.2 Å². The second kappa shape index (κ2) is 8.48. The zero-order valence-corrected chi connectivity index (χ0v) is 18.0. The molecule has 6 nitrogen and oxygen atoms in total. The van der Waals surface area contributed by atoms with E-state index in [0.717, 1.165) is 22.3 Å². The van der Waals surface area contributed by atoms with Crippen molar-refractivity contribution in [3.63, 3.8) is 0 Å². The molecule has 0 saturated heterocycles. The lowest BCUT2D eigenvalue weighted by Crippen LogP contribution is -2.12. The Hall–Kier alpha value is -4.24. The van der Waals surface area contributed by atoms with Gasteiger partial charge in [-0.15, -0.1) is 0 Å². The number of hydrogen-bond donors (Lipinski definition) is 2. The number of rotatable bonds is 5. The molecule has 0 unspecified atom stereocenters. The first-order chi connectivity index (χ1) is 15.4. The predicted molar refractivity (Wildman–Crippen MR) is 125 cm³/mol. The number of aryl methyl sites for hydroxylation is 2. The van der Waals surface area contributed by atoms with Crippen molar-refractivity contribution in [1.82, 2.24) is 9.97 Å². The van der Waals surface area contributed by atoms with Crippen LogP contribution < -0.4 is 5.32 Å². The maximum Gasteiger partial charge on any atom is 0.337 e. The Morgan fingerprint density at radius 3 is 2.50 bits per heavy atom. The smallest absolute Gasteiger partial charge is 0.337 e. The van der Waals surface area contributed by atoms with Gasteiger partial charge in [0.15, 0.2) is 5.69 Å². The molecule has 1 heterocycles. The van der Waals surface area contributed by atoms with Gasteiger partial charge in [0, 0.05) is 16.8 Å². The van der Waals surface area contributed by atoms with Gasteiger partial charge in [0.2, 0.25) is 0 Å². The molecule has 0 aliphatic rings. The molecule has 0 saturated carbocycles. The number of hydrogen-bond acceptors (Lipinski definition) is 5. The molecule has 0 aliphatic heterocycles. The number of nitriles is 1. The normalized spacial score (nSPS) is 11.7. The van der Waals surface area contributed by atoms with E-state index in [2.05, 4.69) is 16.4 Å². The topological polar surface area (TPSA) is 98.9 Å². The summed E-state index contributed by atoms with van der Waals surface area (Å²) in [6, 6.07) is 20.5. The number of benzene rings is 3. The summed E-state index contributed by atoms with van der Waals surface area (Å²) in [5.41, 5.74) is 6.60. The van der Waals surface area contributed by atoms with Crippen LogP contribution in [0.1, 0.15) is 45.7 Å². The Morgan fingerprint density at radius 1 is 1.06 bits per heavy atom. The van der Waals surface area contributed by atoms with Crippen LogP contribution in [-0.2, 0) is 0 Å². The van der Waals surface area contributed by atoms with Gasteiger partial charge in [-0.25, -0.2) is 14.8 Å². The Kier molecular flexibility index (Phi) is 5.57. The second-order valence-corrected chi connectivity index (χ2v) is 7.79. The van der Waals surface area contributed by atoms with E-state index in [9.17, 15) is 15.2 Å². The van der Waals surface area contributed by atoms with Crippen LogP contribution in [0.2, 0.25) is 0 Å². The molecule has 1 aromatic heterocycles. The van der Waals surface area contributed by atoms with Crippen molar-refractivity contribution in [2.75, 3.05) is 5.32 Å². The Labute approximate surface area is 186 Å². The lowest BCUT2D eigenvalue weighted by molar-refractivity contribution is 0.0698. The van der Waals surface area contributed by atoms with Crippen molar-refractivity contribution in [2.24, 2.45) is 0 Å². The summed E-state index contributed by atoms with van der Waals surface area (Å²) in [5.74, 6) is -0.991. The average Bonchev–Trinajstić information content (AvgIpc) is 2.78. The van der Waals surface area contributed by atoms with E-state index in [1.807, 2.05) is 57.2 Å². The highest BCUT2D eigenvalue weighted by Gasteiger charge is 2.19. The number of aromatic nitrogens is 2. The SMILES string of the molecule is Cc1cc([C@@H](C)Nc2ccccc2C(=O)O)c2nc(-c3ccccc3C)c(C#N)nc2c1. The molecule has 32 heavy (non-hydrogen) atoms. The third-order valence-electron chi connectivity index (χ3n) is 5.45. The van der Waals surface area contributed by atoms with Crippen LogP contribution in [0.25, 0.3) is 22.3 Å². The molecule has 4 rings (SSSR count). The summed E-state index contributed by atoms with van der Waals surface area (Å²) < 4.78 is 0. The summed E-state index contributed by atoms with van der Waals surface area (Å²) in [7, 11) is 0. The summed E-state index contributed by atoms with van der Waals surface area (Å²) >= 11 is 0. The minimum absolute atomic E-state index is 0.203. The summed E-state index contributed by atoms with van der Waals surface area (Å²) in [4.78, 5) is 21.1. The molecule has 4 aromatic rings. The van der Waals surface area contributed by atoms with Crippen LogP contribution >= 0.6 is 0 Å². The van der Waals surface area contributed by atoms with Gasteiger partial charge in [0.1, 0.15) is 11.8 Å². The van der Waals surface area contributed by atoms with Crippen LogP contribution in [0.4, 0.5) is 5.69 Å². The van der Waals surface area contributed by atoms with Gasteiger partial charge in [0.25, 0.3) is 0 Å².